The van der Waals surface area contributed by atoms with Crippen molar-refractivity contribution in [2.24, 2.45) is 5.92 Å². The second-order valence-electron chi connectivity index (χ2n) is 5.54. The molecule has 1 unspecified atom stereocenters. The van der Waals surface area contributed by atoms with Crippen molar-refractivity contribution >= 4 is 21.6 Å². The summed E-state index contributed by atoms with van der Waals surface area (Å²) in [5.74, 6) is 0.682. The SMILES string of the molecule is Cc1cc(Br)ccc1N1CCCNC(C(C)C)C1. The van der Waals surface area contributed by atoms with Gasteiger partial charge in [-0.25, -0.2) is 0 Å². The monoisotopic (exact) mass is 310 g/mol. The minimum atomic E-state index is 0.593. The molecule has 18 heavy (non-hydrogen) atoms. The van der Waals surface area contributed by atoms with Crippen LogP contribution in [0.1, 0.15) is 25.8 Å². The third-order valence-electron chi connectivity index (χ3n) is 3.73. The standard InChI is InChI=1S/C15H23BrN2/c1-11(2)14-10-18(8-4-7-17-14)15-6-5-13(16)9-12(15)3/h5-6,9,11,14,17H,4,7-8,10H2,1-3H3. The zero-order valence-electron chi connectivity index (χ0n) is 11.5. The molecule has 2 nitrogen and oxygen atoms in total. The first-order chi connectivity index (χ1) is 8.58. The van der Waals surface area contributed by atoms with Crippen LogP contribution in [-0.2, 0) is 0 Å². The molecule has 1 aromatic rings. The molecule has 0 bridgehead atoms. The third kappa shape index (κ3) is 3.27. The highest BCUT2D eigenvalue weighted by atomic mass is 79.9. The number of halogens is 1. The van der Waals surface area contributed by atoms with Crippen LogP contribution in [0.25, 0.3) is 0 Å². The highest BCUT2D eigenvalue weighted by Gasteiger charge is 2.21. The lowest BCUT2D eigenvalue weighted by Crippen LogP contribution is -2.41. The van der Waals surface area contributed by atoms with Gasteiger partial charge < -0.3 is 10.2 Å². The molecule has 0 aromatic heterocycles. The Hall–Kier alpha value is -0.540. The predicted molar refractivity (Wildman–Crippen MR) is 82.3 cm³/mol. The molecule has 2 rings (SSSR count). The maximum absolute atomic E-state index is 3.66. The lowest BCUT2D eigenvalue weighted by Gasteiger charge is -2.29. The van der Waals surface area contributed by atoms with Gasteiger partial charge >= 0.3 is 0 Å². The Bertz CT molecular complexity index is 403. The molecule has 0 saturated carbocycles. The van der Waals surface area contributed by atoms with Crippen molar-refractivity contribution in [3.8, 4) is 0 Å². The molecule has 1 N–H and O–H groups in total. The summed E-state index contributed by atoms with van der Waals surface area (Å²) in [4.78, 5) is 2.53. The maximum atomic E-state index is 3.66. The van der Waals surface area contributed by atoms with E-state index >= 15 is 0 Å². The van der Waals surface area contributed by atoms with Gasteiger partial charge in [-0.05, 0) is 49.6 Å². The fourth-order valence-electron chi connectivity index (χ4n) is 2.59. The van der Waals surface area contributed by atoms with Gasteiger partial charge in [0.05, 0.1) is 0 Å². The summed E-state index contributed by atoms with van der Waals surface area (Å²) in [6, 6.07) is 7.18. The number of anilines is 1. The van der Waals surface area contributed by atoms with Crippen molar-refractivity contribution < 1.29 is 0 Å². The largest absolute Gasteiger partial charge is 0.370 e. The lowest BCUT2D eigenvalue weighted by atomic mass is 10.0. The Morgan fingerprint density at radius 3 is 2.83 bits per heavy atom. The maximum Gasteiger partial charge on any atom is 0.0397 e. The van der Waals surface area contributed by atoms with Crippen molar-refractivity contribution in [2.75, 3.05) is 24.5 Å². The van der Waals surface area contributed by atoms with Gasteiger partial charge in [0.1, 0.15) is 0 Å². The van der Waals surface area contributed by atoms with Crippen LogP contribution < -0.4 is 10.2 Å². The minimum absolute atomic E-state index is 0.593. The molecule has 1 fully saturated rings. The van der Waals surface area contributed by atoms with Crippen LogP contribution in [0.15, 0.2) is 22.7 Å². The first-order valence-electron chi connectivity index (χ1n) is 6.82. The Balaban J connectivity index is 2.20. The van der Waals surface area contributed by atoms with Crippen LogP contribution in [0.2, 0.25) is 0 Å². The zero-order chi connectivity index (χ0) is 13.1. The second-order valence-corrected chi connectivity index (χ2v) is 6.45. The van der Waals surface area contributed by atoms with Crippen LogP contribution in [0, 0.1) is 12.8 Å². The van der Waals surface area contributed by atoms with Crippen LogP contribution >= 0.6 is 15.9 Å². The fourth-order valence-corrected chi connectivity index (χ4v) is 3.07. The van der Waals surface area contributed by atoms with Gasteiger partial charge in [-0.3, -0.25) is 0 Å². The third-order valence-corrected chi connectivity index (χ3v) is 4.23. The van der Waals surface area contributed by atoms with E-state index in [0.29, 0.717) is 12.0 Å². The van der Waals surface area contributed by atoms with E-state index in [1.165, 1.54) is 17.7 Å². The molecular weight excluding hydrogens is 288 g/mol. The van der Waals surface area contributed by atoms with Crippen LogP contribution in [-0.4, -0.2) is 25.7 Å². The molecule has 1 heterocycles. The molecule has 3 heteroatoms. The number of hydrogen-bond acceptors (Lipinski definition) is 2. The van der Waals surface area contributed by atoms with Gasteiger partial charge in [-0.2, -0.15) is 0 Å². The Kier molecular flexibility index (Phi) is 4.68. The number of rotatable bonds is 2. The van der Waals surface area contributed by atoms with Gasteiger partial charge in [0.2, 0.25) is 0 Å². The molecule has 0 radical (unpaired) electrons. The summed E-state index contributed by atoms with van der Waals surface area (Å²) < 4.78 is 1.16. The van der Waals surface area contributed by atoms with Crippen molar-refractivity contribution in [3.05, 3.63) is 28.2 Å². The van der Waals surface area contributed by atoms with Crippen LogP contribution in [0.3, 0.4) is 0 Å². The molecular formula is C15H23BrN2. The van der Waals surface area contributed by atoms with E-state index in [2.05, 4.69) is 65.1 Å². The molecule has 1 aromatic carbocycles. The summed E-state index contributed by atoms with van der Waals surface area (Å²) in [6.07, 6.45) is 1.22. The van der Waals surface area contributed by atoms with Crippen molar-refractivity contribution in [1.29, 1.82) is 0 Å². The van der Waals surface area contributed by atoms with E-state index in [4.69, 9.17) is 0 Å². The Morgan fingerprint density at radius 2 is 2.17 bits per heavy atom. The van der Waals surface area contributed by atoms with Gasteiger partial charge in [-0.15, -0.1) is 0 Å². The van der Waals surface area contributed by atoms with E-state index in [1.54, 1.807) is 0 Å². The quantitative estimate of drug-likeness (QED) is 0.898. The van der Waals surface area contributed by atoms with Crippen molar-refractivity contribution in [2.45, 2.75) is 33.2 Å². The first-order valence-corrected chi connectivity index (χ1v) is 7.61. The van der Waals surface area contributed by atoms with E-state index in [9.17, 15) is 0 Å². The highest BCUT2D eigenvalue weighted by Crippen LogP contribution is 2.25. The summed E-state index contributed by atoms with van der Waals surface area (Å²) >= 11 is 3.54. The molecule has 0 spiro atoms. The second kappa shape index (κ2) is 6.07. The molecule has 1 aliphatic rings. The Morgan fingerprint density at radius 1 is 1.39 bits per heavy atom. The fraction of sp³-hybridized carbons (Fsp3) is 0.600. The first kappa shape index (κ1) is 13.9. The van der Waals surface area contributed by atoms with E-state index < -0.39 is 0 Å². The van der Waals surface area contributed by atoms with Gasteiger partial charge in [0.25, 0.3) is 0 Å². The minimum Gasteiger partial charge on any atom is -0.370 e. The van der Waals surface area contributed by atoms with Crippen LogP contribution in [0.5, 0.6) is 0 Å². The number of nitrogens with zero attached hydrogens (tertiary/aromatic N) is 1. The summed E-state index contributed by atoms with van der Waals surface area (Å²) in [5.41, 5.74) is 2.74. The lowest BCUT2D eigenvalue weighted by molar-refractivity contribution is 0.420. The normalized spacial score (nSPS) is 21.2. The summed E-state index contributed by atoms with van der Waals surface area (Å²) in [5, 5.41) is 3.66. The average molecular weight is 311 g/mol. The number of hydrogen-bond donors (Lipinski definition) is 1. The molecule has 1 atom stereocenters. The predicted octanol–water partition coefficient (Wildman–Crippen LogP) is 3.58. The van der Waals surface area contributed by atoms with Gasteiger partial charge in [0, 0.05) is 29.3 Å². The molecule has 1 aliphatic heterocycles. The van der Waals surface area contributed by atoms with E-state index in [1.807, 2.05) is 0 Å². The van der Waals surface area contributed by atoms with Gasteiger partial charge in [-0.1, -0.05) is 29.8 Å². The molecule has 100 valence electrons. The summed E-state index contributed by atoms with van der Waals surface area (Å²) in [6.45, 7) is 10.2. The highest BCUT2D eigenvalue weighted by molar-refractivity contribution is 9.10. The average Bonchev–Trinajstić information content (AvgIpc) is 2.54. The zero-order valence-corrected chi connectivity index (χ0v) is 13.1. The number of nitrogens with one attached hydrogen (secondary N) is 1. The molecule has 1 saturated heterocycles. The molecule has 0 amide bonds. The topological polar surface area (TPSA) is 15.3 Å². The Labute approximate surface area is 119 Å². The van der Waals surface area contributed by atoms with E-state index in [-0.39, 0.29) is 0 Å². The number of benzene rings is 1. The number of aryl methyl sites for hydroxylation is 1. The van der Waals surface area contributed by atoms with Crippen LogP contribution in [0.4, 0.5) is 5.69 Å². The van der Waals surface area contributed by atoms with E-state index in [0.717, 1.165) is 24.1 Å². The van der Waals surface area contributed by atoms with Crippen molar-refractivity contribution in [1.82, 2.24) is 5.32 Å². The molecule has 0 aliphatic carbocycles. The van der Waals surface area contributed by atoms with Gasteiger partial charge in [0.15, 0.2) is 0 Å². The smallest absolute Gasteiger partial charge is 0.0397 e. The summed E-state index contributed by atoms with van der Waals surface area (Å²) in [7, 11) is 0. The van der Waals surface area contributed by atoms with Crippen molar-refractivity contribution in [3.63, 3.8) is 0 Å².